The van der Waals surface area contributed by atoms with Crippen molar-refractivity contribution in [2.24, 2.45) is 0 Å². The van der Waals surface area contributed by atoms with Crippen LogP contribution in [-0.2, 0) is 12.6 Å². The van der Waals surface area contributed by atoms with Crippen LogP contribution in [0.4, 0.5) is 13.2 Å². The Morgan fingerprint density at radius 2 is 1.90 bits per heavy atom. The molecular formula is C15H11BrF3NO. The van der Waals surface area contributed by atoms with Gasteiger partial charge in [0.15, 0.2) is 5.78 Å². The summed E-state index contributed by atoms with van der Waals surface area (Å²) in [6.07, 6.45) is -1.15. The number of halogens is 4. The number of carbonyl (C=O) groups excluding carboxylic acids is 1. The fourth-order valence-electron chi connectivity index (χ4n) is 2.70. The van der Waals surface area contributed by atoms with Crippen LogP contribution in [-0.4, -0.2) is 10.4 Å². The number of benzene rings is 1. The Balaban J connectivity index is 2.20. The van der Waals surface area contributed by atoms with E-state index in [2.05, 4.69) is 15.9 Å². The summed E-state index contributed by atoms with van der Waals surface area (Å²) >= 11 is 3.07. The Hall–Kier alpha value is -1.56. The number of rotatable bonds is 1. The first-order valence-corrected chi connectivity index (χ1v) is 7.28. The fourth-order valence-corrected chi connectivity index (χ4v) is 3.06. The molecule has 0 unspecified atom stereocenters. The SMILES string of the molecule is O=C1CCCc2c1ccn2-c1ccc(Br)cc1C(F)(F)F. The van der Waals surface area contributed by atoms with Crippen LogP contribution in [0, 0.1) is 0 Å². The summed E-state index contributed by atoms with van der Waals surface area (Å²) in [5, 5.41) is 0. The van der Waals surface area contributed by atoms with E-state index < -0.39 is 11.7 Å². The number of ketones is 1. The van der Waals surface area contributed by atoms with E-state index >= 15 is 0 Å². The molecule has 0 fully saturated rings. The van der Waals surface area contributed by atoms with Gasteiger partial charge in [0.2, 0.25) is 0 Å². The zero-order valence-corrected chi connectivity index (χ0v) is 12.5. The van der Waals surface area contributed by atoms with Gasteiger partial charge in [-0.05, 0) is 37.1 Å². The lowest BCUT2D eigenvalue weighted by molar-refractivity contribution is -0.137. The van der Waals surface area contributed by atoms with Crippen molar-refractivity contribution in [2.75, 3.05) is 0 Å². The molecule has 0 radical (unpaired) electrons. The molecule has 3 rings (SSSR count). The molecule has 2 nitrogen and oxygen atoms in total. The lowest BCUT2D eigenvalue weighted by Gasteiger charge is -2.19. The van der Waals surface area contributed by atoms with E-state index in [0.29, 0.717) is 35.0 Å². The average molecular weight is 358 g/mol. The van der Waals surface area contributed by atoms with Gasteiger partial charge in [-0.25, -0.2) is 0 Å². The first-order valence-electron chi connectivity index (χ1n) is 6.48. The summed E-state index contributed by atoms with van der Waals surface area (Å²) in [6, 6.07) is 5.67. The number of hydrogen-bond acceptors (Lipinski definition) is 1. The maximum Gasteiger partial charge on any atom is 0.418 e. The first-order chi connectivity index (χ1) is 9.88. The first kappa shape index (κ1) is 14.4. The molecule has 0 saturated carbocycles. The molecule has 6 heteroatoms. The number of nitrogens with zero attached hydrogens (tertiary/aromatic N) is 1. The summed E-state index contributed by atoms with van der Waals surface area (Å²) in [5.74, 6) is 0.000621. The van der Waals surface area contributed by atoms with Crippen LogP contribution in [0.2, 0.25) is 0 Å². The smallest absolute Gasteiger partial charge is 0.320 e. The lowest BCUT2D eigenvalue weighted by atomic mass is 9.96. The molecule has 0 atom stereocenters. The molecule has 0 N–H and O–H groups in total. The molecule has 1 aromatic carbocycles. The summed E-state index contributed by atoms with van der Waals surface area (Å²) < 4.78 is 41.5. The highest BCUT2D eigenvalue weighted by molar-refractivity contribution is 9.10. The van der Waals surface area contributed by atoms with Crippen molar-refractivity contribution in [3.8, 4) is 5.69 Å². The monoisotopic (exact) mass is 357 g/mol. The van der Waals surface area contributed by atoms with E-state index in [0.717, 1.165) is 6.07 Å². The molecule has 0 spiro atoms. The summed E-state index contributed by atoms with van der Waals surface area (Å²) in [5.41, 5.74) is 0.548. The molecule has 2 aromatic rings. The Kier molecular flexibility index (Phi) is 3.43. The van der Waals surface area contributed by atoms with Crippen LogP contribution in [0.3, 0.4) is 0 Å². The van der Waals surface area contributed by atoms with Crippen molar-refractivity contribution in [1.82, 2.24) is 4.57 Å². The minimum atomic E-state index is -4.45. The third kappa shape index (κ3) is 2.52. The molecule has 21 heavy (non-hydrogen) atoms. The predicted molar refractivity (Wildman–Crippen MR) is 75.7 cm³/mol. The molecule has 1 aliphatic rings. The Labute approximate surface area is 127 Å². The number of fused-ring (bicyclic) bond motifs is 1. The highest BCUT2D eigenvalue weighted by Gasteiger charge is 2.35. The van der Waals surface area contributed by atoms with Crippen LogP contribution in [0.25, 0.3) is 5.69 Å². The van der Waals surface area contributed by atoms with E-state index in [1.165, 1.54) is 10.6 Å². The second-order valence-corrected chi connectivity index (χ2v) is 5.90. The quantitative estimate of drug-likeness (QED) is 0.719. The molecule has 1 aliphatic carbocycles. The highest BCUT2D eigenvalue weighted by atomic mass is 79.9. The van der Waals surface area contributed by atoms with Gasteiger partial charge in [0.05, 0.1) is 11.3 Å². The second-order valence-electron chi connectivity index (χ2n) is 4.98. The average Bonchev–Trinajstić information content (AvgIpc) is 2.83. The summed E-state index contributed by atoms with van der Waals surface area (Å²) in [6.45, 7) is 0. The largest absolute Gasteiger partial charge is 0.418 e. The van der Waals surface area contributed by atoms with Crippen molar-refractivity contribution in [1.29, 1.82) is 0 Å². The second kappa shape index (κ2) is 5.02. The third-order valence-corrected chi connectivity index (χ3v) is 4.13. The lowest BCUT2D eigenvalue weighted by Crippen LogP contribution is -2.15. The summed E-state index contributed by atoms with van der Waals surface area (Å²) in [4.78, 5) is 11.8. The molecule has 0 aliphatic heterocycles. The van der Waals surface area contributed by atoms with Crippen LogP contribution in [0.15, 0.2) is 34.9 Å². The van der Waals surface area contributed by atoms with E-state index in [9.17, 15) is 18.0 Å². The van der Waals surface area contributed by atoms with Gasteiger partial charge in [0.25, 0.3) is 0 Å². The van der Waals surface area contributed by atoms with Crippen molar-refractivity contribution in [3.63, 3.8) is 0 Å². The molecule has 0 amide bonds. The van der Waals surface area contributed by atoms with E-state index in [1.54, 1.807) is 18.3 Å². The normalized spacial score (nSPS) is 15.1. The zero-order valence-electron chi connectivity index (χ0n) is 10.9. The number of alkyl halides is 3. The Morgan fingerprint density at radius 3 is 2.62 bits per heavy atom. The molecule has 1 aromatic heterocycles. The van der Waals surface area contributed by atoms with Crippen LogP contribution in [0.1, 0.15) is 34.5 Å². The number of carbonyl (C=O) groups is 1. The van der Waals surface area contributed by atoms with Gasteiger partial charge in [0, 0.05) is 28.3 Å². The summed E-state index contributed by atoms with van der Waals surface area (Å²) in [7, 11) is 0. The van der Waals surface area contributed by atoms with Crippen LogP contribution in [0.5, 0.6) is 0 Å². The van der Waals surface area contributed by atoms with E-state index in [1.807, 2.05) is 0 Å². The van der Waals surface area contributed by atoms with Gasteiger partial charge in [-0.15, -0.1) is 0 Å². The van der Waals surface area contributed by atoms with Crippen LogP contribution >= 0.6 is 15.9 Å². The zero-order chi connectivity index (χ0) is 15.2. The molecule has 110 valence electrons. The van der Waals surface area contributed by atoms with Gasteiger partial charge < -0.3 is 4.57 Å². The molecule has 0 saturated heterocycles. The number of Topliss-reactive ketones (excluding diaryl/α,β-unsaturated/α-hetero) is 1. The van der Waals surface area contributed by atoms with Gasteiger partial charge >= 0.3 is 6.18 Å². The Morgan fingerprint density at radius 1 is 1.14 bits per heavy atom. The Bertz CT molecular complexity index is 718. The van der Waals surface area contributed by atoms with Crippen LogP contribution < -0.4 is 0 Å². The predicted octanol–water partition coefficient (Wildman–Crippen LogP) is 4.78. The van der Waals surface area contributed by atoms with Gasteiger partial charge in [-0.2, -0.15) is 13.2 Å². The maximum atomic E-state index is 13.2. The van der Waals surface area contributed by atoms with Crippen molar-refractivity contribution in [3.05, 3.63) is 51.8 Å². The van der Waals surface area contributed by atoms with Gasteiger partial charge in [-0.1, -0.05) is 15.9 Å². The van der Waals surface area contributed by atoms with Crippen molar-refractivity contribution >= 4 is 21.7 Å². The minimum Gasteiger partial charge on any atom is -0.320 e. The standard InChI is InChI=1S/C15H11BrF3NO/c16-9-4-5-13(11(8-9)15(17,18)19)20-7-6-10-12(20)2-1-3-14(10)21/h4-8H,1-3H2. The van der Waals surface area contributed by atoms with E-state index in [4.69, 9.17) is 0 Å². The van der Waals surface area contributed by atoms with Gasteiger partial charge in [0.1, 0.15) is 0 Å². The molecule has 1 heterocycles. The van der Waals surface area contributed by atoms with E-state index in [-0.39, 0.29) is 11.5 Å². The maximum absolute atomic E-state index is 13.2. The molecule has 0 bridgehead atoms. The minimum absolute atomic E-state index is 0.000621. The van der Waals surface area contributed by atoms with Gasteiger partial charge in [-0.3, -0.25) is 4.79 Å². The number of hydrogen-bond donors (Lipinski definition) is 0. The number of aromatic nitrogens is 1. The van der Waals surface area contributed by atoms with Crippen molar-refractivity contribution in [2.45, 2.75) is 25.4 Å². The fraction of sp³-hybridized carbons (Fsp3) is 0.267. The highest BCUT2D eigenvalue weighted by Crippen LogP contribution is 2.37. The topological polar surface area (TPSA) is 22.0 Å². The molecular weight excluding hydrogens is 347 g/mol. The van der Waals surface area contributed by atoms with Crippen molar-refractivity contribution < 1.29 is 18.0 Å². The third-order valence-electron chi connectivity index (χ3n) is 3.63.